The molecule has 0 spiro atoms. The van der Waals surface area contributed by atoms with Crippen LogP contribution in [0.2, 0.25) is 0 Å². The SMILES string of the molecule is CC(C)(C)OC(=O)N1CCN(c2cc(NC3COC3)c([N+](=O)[O-])cc2F)CC1. The number of nitro benzene ring substituents is 1. The van der Waals surface area contributed by atoms with E-state index in [4.69, 9.17) is 9.47 Å². The smallest absolute Gasteiger partial charge is 0.410 e. The summed E-state index contributed by atoms with van der Waals surface area (Å²) in [7, 11) is 0. The summed E-state index contributed by atoms with van der Waals surface area (Å²) in [4.78, 5) is 26.2. The number of rotatable bonds is 4. The number of benzene rings is 1. The van der Waals surface area contributed by atoms with Gasteiger partial charge < -0.3 is 24.6 Å². The second kappa shape index (κ2) is 7.78. The first-order chi connectivity index (χ1) is 13.1. The second-order valence-electron chi connectivity index (χ2n) is 7.91. The van der Waals surface area contributed by atoms with Gasteiger partial charge in [-0.2, -0.15) is 0 Å². The summed E-state index contributed by atoms with van der Waals surface area (Å²) in [6.07, 6.45) is -0.399. The van der Waals surface area contributed by atoms with Gasteiger partial charge in [0.15, 0.2) is 5.82 Å². The van der Waals surface area contributed by atoms with Crippen LogP contribution in [0.1, 0.15) is 20.8 Å². The van der Waals surface area contributed by atoms with Crippen molar-refractivity contribution in [2.24, 2.45) is 0 Å². The highest BCUT2D eigenvalue weighted by Crippen LogP contribution is 2.34. The molecule has 0 unspecified atom stereocenters. The van der Waals surface area contributed by atoms with Crippen molar-refractivity contribution in [1.82, 2.24) is 4.90 Å². The summed E-state index contributed by atoms with van der Waals surface area (Å²) in [6.45, 7) is 7.88. The quantitative estimate of drug-likeness (QED) is 0.617. The fourth-order valence-electron chi connectivity index (χ4n) is 3.06. The van der Waals surface area contributed by atoms with Crippen LogP contribution >= 0.6 is 0 Å². The Labute approximate surface area is 162 Å². The molecule has 2 fully saturated rings. The van der Waals surface area contributed by atoms with Crippen molar-refractivity contribution in [2.75, 3.05) is 49.6 Å². The number of nitro groups is 1. The number of nitrogens with one attached hydrogen (secondary N) is 1. The molecule has 2 heterocycles. The van der Waals surface area contributed by atoms with E-state index in [1.165, 1.54) is 6.07 Å². The molecule has 28 heavy (non-hydrogen) atoms. The van der Waals surface area contributed by atoms with E-state index in [1.807, 2.05) is 0 Å². The Kier molecular flexibility index (Phi) is 5.59. The first-order valence-electron chi connectivity index (χ1n) is 9.19. The third kappa shape index (κ3) is 4.61. The Hall–Kier alpha value is -2.62. The maximum absolute atomic E-state index is 14.6. The lowest BCUT2D eigenvalue weighted by molar-refractivity contribution is -0.384. The van der Waals surface area contributed by atoms with Gasteiger partial charge in [-0.15, -0.1) is 0 Å². The number of halogens is 1. The standard InChI is InChI=1S/C18H25FN4O5/c1-18(2,3)28-17(24)22-6-4-21(5-7-22)15-9-14(20-12-10-27-11-12)16(23(25)26)8-13(15)19/h8-9,12,20H,4-7,10-11H2,1-3H3. The molecule has 0 aliphatic carbocycles. The summed E-state index contributed by atoms with van der Waals surface area (Å²) in [5.74, 6) is -0.659. The summed E-state index contributed by atoms with van der Waals surface area (Å²) >= 11 is 0. The first-order valence-corrected chi connectivity index (χ1v) is 9.19. The number of carbonyl (C=O) groups is 1. The van der Waals surface area contributed by atoms with Gasteiger partial charge in [-0.25, -0.2) is 9.18 Å². The van der Waals surface area contributed by atoms with Crippen LogP contribution in [-0.2, 0) is 9.47 Å². The average molecular weight is 396 g/mol. The summed E-state index contributed by atoms with van der Waals surface area (Å²) in [6, 6.07) is 2.38. The van der Waals surface area contributed by atoms with Gasteiger partial charge in [0.2, 0.25) is 0 Å². The van der Waals surface area contributed by atoms with Crippen LogP contribution in [0.5, 0.6) is 0 Å². The van der Waals surface area contributed by atoms with Crippen LogP contribution in [0, 0.1) is 15.9 Å². The lowest BCUT2D eigenvalue weighted by Crippen LogP contribution is -2.50. The maximum atomic E-state index is 14.6. The van der Waals surface area contributed by atoms with Crippen molar-refractivity contribution in [3.8, 4) is 0 Å². The van der Waals surface area contributed by atoms with Crippen LogP contribution in [0.4, 0.5) is 26.2 Å². The highest BCUT2D eigenvalue weighted by atomic mass is 19.1. The molecule has 1 aromatic carbocycles. The Morgan fingerprint density at radius 2 is 1.93 bits per heavy atom. The van der Waals surface area contributed by atoms with E-state index in [-0.39, 0.29) is 23.1 Å². The van der Waals surface area contributed by atoms with Crippen LogP contribution in [0.15, 0.2) is 12.1 Å². The highest BCUT2D eigenvalue weighted by Gasteiger charge is 2.29. The van der Waals surface area contributed by atoms with E-state index < -0.39 is 22.4 Å². The van der Waals surface area contributed by atoms with E-state index in [1.54, 1.807) is 30.6 Å². The largest absolute Gasteiger partial charge is 0.444 e. The van der Waals surface area contributed by atoms with Gasteiger partial charge in [0.25, 0.3) is 5.69 Å². The van der Waals surface area contributed by atoms with E-state index in [0.717, 1.165) is 6.07 Å². The minimum Gasteiger partial charge on any atom is -0.444 e. The molecule has 10 heteroatoms. The Bertz CT molecular complexity index is 755. The normalized spacial score (nSPS) is 17.9. The zero-order valence-corrected chi connectivity index (χ0v) is 16.2. The van der Waals surface area contributed by atoms with Crippen molar-refractivity contribution in [1.29, 1.82) is 0 Å². The average Bonchev–Trinajstić information content (AvgIpc) is 2.57. The van der Waals surface area contributed by atoms with Gasteiger partial charge in [-0.05, 0) is 26.8 Å². The van der Waals surface area contributed by atoms with Crippen LogP contribution in [0.3, 0.4) is 0 Å². The second-order valence-corrected chi connectivity index (χ2v) is 7.91. The predicted octanol–water partition coefficient (Wildman–Crippen LogP) is 2.60. The Balaban J connectivity index is 1.72. The van der Waals surface area contributed by atoms with Crippen molar-refractivity contribution < 1.29 is 23.6 Å². The van der Waals surface area contributed by atoms with Gasteiger partial charge in [0, 0.05) is 26.2 Å². The zero-order valence-electron chi connectivity index (χ0n) is 16.2. The number of hydrogen-bond donors (Lipinski definition) is 1. The number of carbonyl (C=O) groups excluding carboxylic acids is 1. The minimum atomic E-state index is -0.659. The Morgan fingerprint density at radius 3 is 2.43 bits per heavy atom. The first kappa shape index (κ1) is 20.1. The Morgan fingerprint density at radius 1 is 1.29 bits per heavy atom. The molecule has 154 valence electrons. The molecule has 1 amide bonds. The van der Waals surface area contributed by atoms with Gasteiger partial charge >= 0.3 is 6.09 Å². The van der Waals surface area contributed by atoms with E-state index in [9.17, 15) is 19.3 Å². The summed E-state index contributed by atoms with van der Waals surface area (Å²) in [5.41, 5.74) is -0.341. The summed E-state index contributed by atoms with van der Waals surface area (Å²) in [5, 5.41) is 14.3. The molecule has 1 N–H and O–H groups in total. The van der Waals surface area contributed by atoms with Crippen molar-refractivity contribution in [3.63, 3.8) is 0 Å². The van der Waals surface area contributed by atoms with Crippen molar-refractivity contribution in [3.05, 3.63) is 28.1 Å². The van der Waals surface area contributed by atoms with E-state index in [2.05, 4.69) is 5.32 Å². The zero-order chi connectivity index (χ0) is 20.5. The monoisotopic (exact) mass is 396 g/mol. The molecule has 0 radical (unpaired) electrons. The molecular weight excluding hydrogens is 371 g/mol. The molecule has 9 nitrogen and oxygen atoms in total. The third-order valence-electron chi connectivity index (χ3n) is 4.53. The fourth-order valence-corrected chi connectivity index (χ4v) is 3.06. The molecule has 3 rings (SSSR count). The summed E-state index contributed by atoms with van der Waals surface area (Å²) < 4.78 is 25.0. The highest BCUT2D eigenvalue weighted by molar-refractivity contribution is 5.71. The van der Waals surface area contributed by atoms with E-state index >= 15 is 0 Å². The molecule has 2 aliphatic rings. The topological polar surface area (TPSA) is 97.2 Å². The predicted molar refractivity (Wildman–Crippen MR) is 101 cm³/mol. The van der Waals surface area contributed by atoms with Crippen LogP contribution in [-0.4, -0.2) is 67.0 Å². The molecule has 2 aliphatic heterocycles. The maximum Gasteiger partial charge on any atom is 0.410 e. The lowest BCUT2D eigenvalue weighted by atomic mass is 10.1. The van der Waals surface area contributed by atoms with Gasteiger partial charge in [-0.1, -0.05) is 0 Å². The molecule has 2 saturated heterocycles. The molecule has 0 bridgehead atoms. The number of ether oxygens (including phenoxy) is 2. The van der Waals surface area contributed by atoms with Crippen LogP contribution in [0.25, 0.3) is 0 Å². The van der Waals surface area contributed by atoms with Crippen LogP contribution < -0.4 is 10.2 Å². The number of piperazine rings is 1. The lowest BCUT2D eigenvalue weighted by Gasteiger charge is -2.37. The molecule has 0 aromatic heterocycles. The van der Waals surface area contributed by atoms with E-state index in [0.29, 0.717) is 39.4 Å². The van der Waals surface area contributed by atoms with Crippen molar-refractivity contribution in [2.45, 2.75) is 32.4 Å². The number of nitrogens with zero attached hydrogens (tertiary/aromatic N) is 3. The number of amides is 1. The molecule has 1 aromatic rings. The van der Waals surface area contributed by atoms with Crippen molar-refractivity contribution >= 4 is 23.2 Å². The minimum absolute atomic E-state index is 0.0268. The molecule has 0 atom stereocenters. The van der Waals surface area contributed by atoms with Gasteiger partial charge in [0.05, 0.1) is 35.9 Å². The molecule has 0 saturated carbocycles. The van der Waals surface area contributed by atoms with Gasteiger partial charge in [0.1, 0.15) is 11.3 Å². The molecular formula is C18H25FN4O5. The van der Waals surface area contributed by atoms with Gasteiger partial charge in [-0.3, -0.25) is 10.1 Å². The third-order valence-corrected chi connectivity index (χ3v) is 4.53. The number of anilines is 2. The number of hydrogen-bond acceptors (Lipinski definition) is 7. The fraction of sp³-hybridized carbons (Fsp3) is 0.611.